The zero-order valence-corrected chi connectivity index (χ0v) is 15.7. The van der Waals surface area contributed by atoms with Crippen LogP contribution >= 0.6 is 0 Å². The van der Waals surface area contributed by atoms with E-state index in [1.54, 1.807) is 0 Å². The number of carbonyl (C=O) groups excluding carboxylic acids is 1. The Morgan fingerprint density at radius 1 is 1.07 bits per heavy atom. The van der Waals surface area contributed by atoms with Crippen LogP contribution in [-0.2, 0) is 25.6 Å². The van der Waals surface area contributed by atoms with E-state index in [1.807, 2.05) is 24.3 Å². The second kappa shape index (κ2) is 7.75. The van der Waals surface area contributed by atoms with Crippen molar-refractivity contribution in [2.24, 2.45) is 5.16 Å². The van der Waals surface area contributed by atoms with Crippen LogP contribution < -0.4 is 4.74 Å². The molecule has 0 fully saturated rings. The molecule has 0 saturated heterocycles. The maximum absolute atomic E-state index is 12.4. The van der Waals surface area contributed by atoms with E-state index < -0.39 is 16.1 Å². The molecule has 2 aromatic rings. The molecule has 0 unspecified atom stereocenters. The van der Waals surface area contributed by atoms with Gasteiger partial charge in [0.2, 0.25) is 0 Å². The summed E-state index contributed by atoms with van der Waals surface area (Å²) in [6.45, 7) is 5.01. The molecule has 0 amide bonds. The van der Waals surface area contributed by atoms with Gasteiger partial charge in [-0.25, -0.2) is 4.79 Å². The van der Waals surface area contributed by atoms with Gasteiger partial charge in [0, 0.05) is 11.1 Å². The molecule has 27 heavy (non-hydrogen) atoms. The Labute approximate surface area is 158 Å². The number of aryl methyl sites for hydroxylation is 1. The Morgan fingerprint density at radius 2 is 1.78 bits per heavy atom. The first-order valence-corrected chi connectivity index (χ1v) is 9.84. The number of benzene rings is 2. The maximum Gasteiger partial charge on any atom is 0.358 e. The molecule has 7 heteroatoms. The molecule has 0 spiro atoms. The van der Waals surface area contributed by atoms with Crippen LogP contribution in [0.5, 0.6) is 5.75 Å². The molecule has 140 valence electrons. The average molecular weight is 385 g/mol. The second-order valence-corrected chi connectivity index (χ2v) is 7.75. The van der Waals surface area contributed by atoms with Crippen molar-refractivity contribution in [2.45, 2.75) is 31.1 Å². The van der Waals surface area contributed by atoms with Crippen LogP contribution in [0.1, 0.15) is 30.9 Å². The van der Waals surface area contributed by atoms with Gasteiger partial charge < -0.3 is 4.74 Å². The monoisotopic (exact) mass is 385 g/mol. The number of ether oxygens (including phenoxy) is 1. The van der Waals surface area contributed by atoms with Gasteiger partial charge in [-0.2, -0.15) is 8.42 Å². The van der Waals surface area contributed by atoms with Crippen molar-refractivity contribution in [3.63, 3.8) is 0 Å². The zero-order chi connectivity index (χ0) is 19.4. The van der Waals surface area contributed by atoms with Gasteiger partial charge >= 0.3 is 16.1 Å². The van der Waals surface area contributed by atoms with Crippen LogP contribution in [0.25, 0.3) is 0 Å². The summed E-state index contributed by atoms with van der Waals surface area (Å²) in [6.07, 6.45) is 2.48. The number of esters is 1. The smallest absolute Gasteiger partial charge is 0.358 e. The third kappa shape index (κ3) is 4.43. The van der Waals surface area contributed by atoms with Gasteiger partial charge in [0.1, 0.15) is 10.6 Å². The van der Waals surface area contributed by atoms with Crippen molar-refractivity contribution in [1.29, 1.82) is 0 Å². The summed E-state index contributed by atoms with van der Waals surface area (Å²) < 4.78 is 34.7. The number of fused-ring (bicyclic) bond motifs is 1. The highest BCUT2D eigenvalue weighted by Gasteiger charge is 2.20. The highest BCUT2D eigenvalue weighted by atomic mass is 32.2. The Morgan fingerprint density at radius 3 is 2.48 bits per heavy atom. The standard InChI is InChI=1S/C20H19NO5S/c1-14(2)20(22)25-16-10-12-17(13-11-16)27(23,24)26-21-19-9-5-7-15-6-3-4-8-18(15)19/h3-4,6,8,10-13H,1,5,7,9H2,2H3. The van der Waals surface area contributed by atoms with Crippen molar-refractivity contribution in [3.05, 3.63) is 71.8 Å². The predicted octanol–water partition coefficient (Wildman–Crippen LogP) is 3.61. The van der Waals surface area contributed by atoms with E-state index in [0.29, 0.717) is 12.1 Å². The van der Waals surface area contributed by atoms with Gasteiger partial charge in [-0.05, 0) is 56.0 Å². The van der Waals surface area contributed by atoms with Gasteiger partial charge in [0.25, 0.3) is 0 Å². The first kappa shape index (κ1) is 18.8. The quantitative estimate of drug-likeness (QED) is 0.340. The summed E-state index contributed by atoms with van der Waals surface area (Å²) in [5.41, 5.74) is 2.92. The summed E-state index contributed by atoms with van der Waals surface area (Å²) in [6, 6.07) is 13.1. The number of oxime groups is 1. The fourth-order valence-corrected chi connectivity index (χ4v) is 3.44. The summed E-state index contributed by atoms with van der Waals surface area (Å²) in [5, 5.41) is 3.90. The maximum atomic E-state index is 12.4. The van der Waals surface area contributed by atoms with Crippen LogP contribution in [0.15, 0.2) is 70.7 Å². The summed E-state index contributed by atoms with van der Waals surface area (Å²) >= 11 is 0. The third-order valence-corrected chi connectivity index (χ3v) is 5.23. The number of rotatable bonds is 5. The Kier molecular flexibility index (Phi) is 5.41. The van der Waals surface area contributed by atoms with Gasteiger partial charge in [0.15, 0.2) is 0 Å². The molecule has 0 aromatic heterocycles. The molecule has 6 nitrogen and oxygen atoms in total. The molecule has 1 aliphatic rings. The molecule has 0 bridgehead atoms. The van der Waals surface area contributed by atoms with E-state index in [1.165, 1.54) is 31.2 Å². The van der Waals surface area contributed by atoms with Gasteiger partial charge in [0.05, 0.1) is 5.71 Å². The highest BCUT2D eigenvalue weighted by molar-refractivity contribution is 7.86. The number of hydrogen-bond donors (Lipinski definition) is 0. The molecular formula is C20H19NO5S. The number of carbonyl (C=O) groups is 1. The molecular weight excluding hydrogens is 366 g/mol. The lowest BCUT2D eigenvalue weighted by Gasteiger charge is -2.16. The first-order chi connectivity index (χ1) is 12.9. The predicted molar refractivity (Wildman–Crippen MR) is 101 cm³/mol. The van der Waals surface area contributed by atoms with Crippen molar-refractivity contribution in [2.75, 3.05) is 0 Å². The van der Waals surface area contributed by atoms with Crippen molar-refractivity contribution in [3.8, 4) is 5.75 Å². The molecule has 2 aromatic carbocycles. The number of hydrogen-bond acceptors (Lipinski definition) is 6. The minimum absolute atomic E-state index is 0.0777. The van der Waals surface area contributed by atoms with E-state index in [2.05, 4.69) is 11.7 Å². The SMILES string of the molecule is C=C(C)C(=O)Oc1ccc(S(=O)(=O)ON=C2CCCc3ccccc32)cc1. The van der Waals surface area contributed by atoms with Crippen LogP contribution in [0.2, 0.25) is 0 Å². The van der Waals surface area contributed by atoms with Crippen molar-refractivity contribution < 1.29 is 22.2 Å². The first-order valence-electron chi connectivity index (χ1n) is 8.43. The summed E-state index contributed by atoms with van der Waals surface area (Å²) in [5.74, 6) is -0.362. The van der Waals surface area contributed by atoms with Crippen LogP contribution in [-0.4, -0.2) is 20.1 Å². The lowest BCUT2D eigenvalue weighted by atomic mass is 9.90. The fourth-order valence-electron chi connectivity index (χ4n) is 2.70. The van der Waals surface area contributed by atoms with E-state index in [4.69, 9.17) is 9.02 Å². The summed E-state index contributed by atoms with van der Waals surface area (Å²) in [4.78, 5) is 11.4. The van der Waals surface area contributed by atoms with Crippen molar-refractivity contribution in [1.82, 2.24) is 0 Å². The van der Waals surface area contributed by atoms with Gasteiger partial charge in [-0.3, -0.25) is 4.28 Å². The summed E-state index contributed by atoms with van der Waals surface area (Å²) in [7, 11) is -4.07. The van der Waals surface area contributed by atoms with Crippen LogP contribution in [0.4, 0.5) is 0 Å². The molecule has 3 rings (SSSR count). The highest BCUT2D eigenvalue weighted by Crippen LogP contribution is 2.23. The topological polar surface area (TPSA) is 82.0 Å². The average Bonchev–Trinajstić information content (AvgIpc) is 2.66. The molecule has 0 aliphatic heterocycles. The zero-order valence-electron chi connectivity index (χ0n) is 14.8. The third-order valence-electron chi connectivity index (χ3n) is 4.10. The number of nitrogens with zero attached hydrogens (tertiary/aromatic N) is 1. The van der Waals surface area contributed by atoms with Crippen LogP contribution in [0.3, 0.4) is 0 Å². The van der Waals surface area contributed by atoms with Crippen molar-refractivity contribution >= 4 is 21.8 Å². The van der Waals surface area contributed by atoms with E-state index in [-0.39, 0.29) is 16.2 Å². The van der Waals surface area contributed by atoms with Gasteiger partial charge in [-0.15, -0.1) is 0 Å². The minimum atomic E-state index is -4.07. The van der Waals surface area contributed by atoms with Crippen LogP contribution in [0, 0.1) is 0 Å². The Balaban J connectivity index is 1.76. The fraction of sp³-hybridized carbons (Fsp3) is 0.200. The molecule has 1 aliphatic carbocycles. The molecule has 0 radical (unpaired) electrons. The molecule has 0 saturated carbocycles. The molecule has 0 N–H and O–H groups in total. The normalized spacial score (nSPS) is 15.1. The largest absolute Gasteiger partial charge is 0.423 e. The Hall–Kier alpha value is -2.93. The second-order valence-electron chi connectivity index (χ2n) is 6.22. The van der Waals surface area contributed by atoms with E-state index in [9.17, 15) is 13.2 Å². The Bertz CT molecular complexity index is 1010. The lowest BCUT2D eigenvalue weighted by molar-refractivity contribution is -0.130. The lowest BCUT2D eigenvalue weighted by Crippen LogP contribution is -2.13. The van der Waals surface area contributed by atoms with Gasteiger partial charge in [-0.1, -0.05) is 36.0 Å². The van der Waals surface area contributed by atoms with E-state index >= 15 is 0 Å². The molecule has 0 heterocycles. The minimum Gasteiger partial charge on any atom is -0.423 e. The van der Waals surface area contributed by atoms with E-state index in [0.717, 1.165) is 24.0 Å². The molecule has 0 atom stereocenters.